The van der Waals surface area contributed by atoms with Crippen molar-refractivity contribution in [2.75, 3.05) is 9.80 Å². The Balaban J connectivity index is 1.21. The first kappa shape index (κ1) is 30.5. The second kappa shape index (κ2) is 19.1. The Bertz CT molecular complexity index is 4890. The Morgan fingerprint density at radius 2 is 0.697 bits per heavy atom. The average Bonchev–Trinajstić information content (AvgIpc) is 0.716. The van der Waals surface area contributed by atoms with Crippen molar-refractivity contribution in [3.05, 3.63) is 265 Å². The smallest absolute Gasteiger partial charge is 0.148 e. The number of nitrogens with zero attached hydrogens (tertiary/aromatic N) is 2. The van der Waals surface area contributed by atoms with E-state index >= 15 is 8.78 Å². The van der Waals surface area contributed by atoms with Crippen molar-refractivity contribution in [3.8, 4) is 44.5 Å². The number of halogens is 2. The van der Waals surface area contributed by atoms with E-state index in [-0.39, 0.29) is 45.0 Å². The first-order valence-corrected chi connectivity index (χ1v) is 24.6. The van der Waals surface area contributed by atoms with Crippen LogP contribution in [0.3, 0.4) is 0 Å². The standard InChI is InChI=1S/C72H58F2N2/c1-71(2,3)55-29-19-31-57(45-55)75(69-61(49-25-15-9-16-26-49)41-53(43-63(69)73)47-21-11-7-12-22-47)65-39-35-51-34-38-60-66(40-36-52-33-37-59(65)67(51)68(52)60)76(58-32-20-30-56(46-58)72(4,5)6)70-62(50-27-17-10-18-28-50)42-54(44-64(70)74)48-23-13-8-14-24-48/h7-46H,1-6H3/i7D,8D,9D,10D,11D,12D,13D,14D,15D,16D,17D,18D,21D,22D,23D,24D,25D,26D,27D,28D. The van der Waals surface area contributed by atoms with E-state index in [1.807, 2.05) is 90.1 Å². The summed E-state index contributed by atoms with van der Waals surface area (Å²) >= 11 is 0. The van der Waals surface area contributed by atoms with Crippen molar-refractivity contribution in [1.29, 1.82) is 0 Å². The zero-order valence-corrected chi connectivity index (χ0v) is 42.2. The highest BCUT2D eigenvalue weighted by atomic mass is 19.1. The quantitative estimate of drug-likeness (QED) is 0.126. The lowest BCUT2D eigenvalue weighted by molar-refractivity contribution is 0.590. The van der Waals surface area contributed by atoms with Crippen LogP contribution in [0.5, 0.6) is 0 Å². The summed E-state index contributed by atoms with van der Waals surface area (Å²) in [6, 6.07) is 18.9. The molecule has 0 bridgehead atoms. The van der Waals surface area contributed by atoms with Crippen molar-refractivity contribution >= 4 is 66.4 Å². The summed E-state index contributed by atoms with van der Waals surface area (Å²) in [4.78, 5) is 3.12. The van der Waals surface area contributed by atoms with Crippen LogP contribution < -0.4 is 9.80 Å². The molecule has 12 rings (SSSR count). The zero-order valence-electron chi connectivity index (χ0n) is 62.2. The summed E-state index contributed by atoms with van der Waals surface area (Å²) in [7, 11) is 0. The molecule has 0 spiro atoms. The molecule has 370 valence electrons. The first-order valence-electron chi connectivity index (χ1n) is 34.6. The molecule has 0 aromatic heterocycles. The summed E-state index contributed by atoms with van der Waals surface area (Å²) in [5.74, 6) is -2.17. The SMILES string of the molecule is [2H]c1c([2H])c([2H])c(-c2cc(F)c(N(c3cccc(C(C)(C)C)c3)c3ccc4ccc5c(N(c6cccc(C(C)(C)C)c6)c6c(F)cc(-c7c([2H])c([2H])c([2H])c([2H])c7[2H])cc6-c6c([2H])c([2H])c([2H])c([2H])c6[2H])ccc6ccc3c4c65)c(-c3c([2H])c([2H])c([2H])c([2H])c3[2H])c2)c([2H])c1[2H]. The maximum atomic E-state index is 18.7. The third-order valence-corrected chi connectivity index (χ3v) is 13.7. The van der Waals surface area contributed by atoms with Gasteiger partial charge in [-0.05, 0) is 138 Å². The zero-order chi connectivity index (χ0) is 69.7. The second-order valence-corrected chi connectivity index (χ2v) is 20.6. The van der Waals surface area contributed by atoms with Crippen molar-refractivity contribution in [3.63, 3.8) is 0 Å². The fraction of sp³-hybridized carbons (Fsp3) is 0.111. The van der Waals surface area contributed by atoms with Crippen LogP contribution in [0.25, 0.3) is 76.8 Å². The number of hydrogen-bond acceptors (Lipinski definition) is 2. The van der Waals surface area contributed by atoms with E-state index in [2.05, 4.69) is 0 Å². The van der Waals surface area contributed by atoms with E-state index in [9.17, 15) is 5.48 Å². The van der Waals surface area contributed by atoms with Gasteiger partial charge in [0.15, 0.2) is 0 Å². The first-order chi connectivity index (χ1) is 45.1. The van der Waals surface area contributed by atoms with E-state index < -0.39 is 166 Å². The van der Waals surface area contributed by atoms with Crippen LogP contribution >= 0.6 is 0 Å². The van der Waals surface area contributed by atoms with Crippen LogP contribution in [-0.2, 0) is 10.8 Å². The number of benzene rings is 12. The van der Waals surface area contributed by atoms with E-state index in [1.165, 1.54) is 12.1 Å². The van der Waals surface area contributed by atoms with Crippen LogP contribution in [0.1, 0.15) is 80.1 Å². The van der Waals surface area contributed by atoms with Gasteiger partial charge in [-0.2, -0.15) is 0 Å². The molecule has 0 aliphatic heterocycles. The lowest BCUT2D eigenvalue weighted by Gasteiger charge is -2.32. The van der Waals surface area contributed by atoms with E-state index in [4.69, 9.17) is 21.9 Å². The molecule has 0 amide bonds. The Morgan fingerprint density at radius 3 is 1.05 bits per heavy atom. The van der Waals surface area contributed by atoms with Gasteiger partial charge in [0, 0.05) is 33.3 Å². The Morgan fingerprint density at radius 1 is 0.355 bits per heavy atom. The highest BCUT2D eigenvalue weighted by molar-refractivity contribution is 6.28. The maximum Gasteiger partial charge on any atom is 0.148 e. The molecule has 76 heavy (non-hydrogen) atoms. The largest absolute Gasteiger partial charge is 0.307 e. The van der Waals surface area contributed by atoms with Crippen LogP contribution in [0, 0.1) is 11.6 Å². The van der Waals surface area contributed by atoms with Gasteiger partial charge in [-0.15, -0.1) is 0 Å². The molecule has 0 unspecified atom stereocenters. The molecule has 0 saturated heterocycles. The van der Waals surface area contributed by atoms with Crippen molar-refractivity contribution in [1.82, 2.24) is 0 Å². The van der Waals surface area contributed by atoms with Gasteiger partial charge >= 0.3 is 0 Å². The summed E-state index contributed by atoms with van der Waals surface area (Å²) in [6.45, 7) is 11.9. The average molecular weight is 1010 g/mol. The molecule has 2 nitrogen and oxygen atoms in total. The lowest BCUT2D eigenvalue weighted by Crippen LogP contribution is -2.17. The third kappa shape index (κ3) is 8.74. The highest BCUT2D eigenvalue weighted by Gasteiger charge is 2.30. The van der Waals surface area contributed by atoms with Crippen molar-refractivity contribution < 1.29 is 36.2 Å². The highest BCUT2D eigenvalue weighted by Crippen LogP contribution is 2.52. The van der Waals surface area contributed by atoms with Gasteiger partial charge in [0.1, 0.15) is 11.6 Å². The minimum atomic E-state index is -1.09. The van der Waals surface area contributed by atoms with Crippen LogP contribution in [0.4, 0.5) is 42.9 Å². The van der Waals surface area contributed by atoms with Gasteiger partial charge in [0.25, 0.3) is 0 Å². The van der Waals surface area contributed by atoms with Gasteiger partial charge in [-0.25, -0.2) is 8.78 Å². The topological polar surface area (TPSA) is 6.48 Å². The molecule has 0 fully saturated rings. The van der Waals surface area contributed by atoms with Gasteiger partial charge in [0.05, 0.1) is 50.2 Å². The molecular weight excluding hydrogens is 931 g/mol. The van der Waals surface area contributed by atoms with Crippen LogP contribution in [0.2, 0.25) is 0 Å². The van der Waals surface area contributed by atoms with E-state index in [0.29, 0.717) is 43.7 Å². The number of rotatable bonds is 10. The molecule has 12 aromatic carbocycles. The predicted octanol–water partition coefficient (Wildman–Crippen LogP) is 21.1. The monoisotopic (exact) mass is 1010 g/mol. The summed E-state index contributed by atoms with van der Waals surface area (Å²) in [5.41, 5.74) is -1.84. The number of anilines is 6. The Labute approximate surface area is 473 Å². The molecule has 4 heteroatoms. The van der Waals surface area contributed by atoms with Gasteiger partial charge in [-0.3, -0.25) is 0 Å². The third-order valence-electron chi connectivity index (χ3n) is 13.7. The molecular formula is C72H58F2N2. The maximum absolute atomic E-state index is 18.7. The fourth-order valence-corrected chi connectivity index (χ4v) is 10.0. The van der Waals surface area contributed by atoms with E-state index in [1.54, 1.807) is 58.3 Å². The van der Waals surface area contributed by atoms with Crippen LogP contribution in [-0.4, -0.2) is 0 Å². The normalized spacial score (nSPS) is 15.6. The summed E-state index contributed by atoms with van der Waals surface area (Å²) < 4.78 is 215. The summed E-state index contributed by atoms with van der Waals surface area (Å²) in [5, 5.41) is 3.33. The minimum absolute atomic E-state index is 0.256. The Hall–Kier alpha value is -8.86. The molecule has 0 saturated carbocycles. The molecule has 0 radical (unpaired) electrons. The molecule has 0 heterocycles. The van der Waals surface area contributed by atoms with Crippen molar-refractivity contribution in [2.45, 2.75) is 52.4 Å². The Kier molecular flexibility index (Phi) is 7.67. The number of hydrogen-bond donors (Lipinski definition) is 0. The fourth-order valence-electron chi connectivity index (χ4n) is 10.0. The summed E-state index contributed by atoms with van der Waals surface area (Å²) in [6.07, 6.45) is 0. The van der Waals surface area contributed by atoms with Gasteiger partial charge in [-0.1, -0.05) is 223 Å². The van der Waals surface area contributed by atoms with Gasteiger partial charge in [0.2, 0.25) is 0 Å². The van der Waals surface area contributed by atoms with Crippen LogP contribution in [0.15, 0.2) is 242 Å². The molecule has 0 aliphatic rings. The van der Waals surface area contributed by atoms with Gasteiger partial charge < -0.3 is 9.80 Å². The van der Waals surface area contributed by atoms with Crippen molar-refractivity contribution in [2.24, 2.45) is 0 Å². The lowest BCUT2D eigenvalue weighted by atomic mass is 9.86. The minimum Gasteiger partial charge on any atom is -0.307 e. The molecule has 0 N–H and O–H groups in total. The predicted molar refractivity (Wildman–Crippen MR) is 319 cm³/mol. The molecule has 0 atom stereocenters. The van der Waals surface area contributed by atoms with E-state index in [0.717, 1.165) is 23.3 Å². The molecule has 0 aliphatic carbocycles. The molecule has 12 aromatic rings. The second-order valence-electron chi connectivity index (χ2n) is 20.6.